The molecular weight excluding hydrogens is 252 g/mol. The predicted molar refractivity (Wildman–Crippen MR) is 85.7 cm³/mol. The number of nitrogens with one attached hydrogen (secondary N) is 1. The summed E-state index contributed by atoms with van der Waals surface area (Å²) in [5, 5.41) is 2.97. The van der Waals surface area contributed by atoms with Gasteiger partial charge in [0.2, 0.25) is 5.91 Å². The summed E-state index contributed by atoms with van der Waals surface area (Å²) >= 11 is 0. The Hall–Kier alpha value is -0.650. The quantitative estimate of drug-likeness (QED) is 0.520. The molecule has 0 saturated heterocycles. The van der Waals surface area contributed by atoms with E-state index in [4.69, 9.17) is 5.73 Å². The molecule has 0 atom stereocenters. The maximum absolute atomic E-state index is 11.5. The van der Waals surface area contributed by atoms with Crippen molar-refractivity contribution < 1.29 is 4.79 Å². The Labute approximate surface area is 124 Å². The van der Waals surface area contributed by atoms with Gasteiger partial charge >= 0.3 is 0 Å². The average Bonchev–Trinajstić information content (AvgIpc) is 2.39. The van der Waals surface area contributed by atoms with Gasteiger partial charge < -0.3 is 20.9 Å². The molecule has 0 spiro atoms. The van der Waals surface area contributed by atoms with E-state index < -0.39 is 0 Å². The molecule has 120 valence electrons. The first-order chi connectivity index (χ1) is 9.47. The molecule has 0 aliphatic rings. The van der Waals surface area contributed by atoms with Crippen LogP contribution in [0, 0.1) is 5.92 Å². The topological polar surface area (TPSA) is 61.6 Å². The summed E-state index contributed by atoms with van der Waals surface area (Å²) < 4.78 is 0. The van der Waals surface area contributed by atoms with Gasteiger partial charge in [-0.2, -0.15) is 0 Å². The van der Waals surface area contributed by atoms with Crippen LogP contribution < -0.4 is 11.1 Å². The summed E-state index contributed by atoms with van der Waals surface area (Å²) in [5.41, 5.74) is 5.59. The first-order valence-corrected chi connectivity index (χ1v) is 7.82. The molecule has 20 heavy (non-hydrogen) atoms. The zero-order chi connectivity index (χ0) is 15.4. The number of hydrogen-bond acceptors (Lipinski definition) is 4. The normalized spacial score (nSPS) is 11.6. The molecule has 0 aliphatic heterocycles. The van der Waals surface area contributed by atoms with E-state index in [0.717, 1.165) is 52.1 Å². The zero-order valence-electron chi connectivity index (χ0n) is 13.8. The molecule has 0 aromatic rings. The fourth-order valence-corrected chi connectivity index (χ4v) is 1.98. The number of amides is 1. The summed E-state index contributed by atoms with van der Waals surface area (Å²) in [6, 6.07) is 0. The minimum absolute atomic E-state index is 0.0726. The molecule has 0 unspecified atom stereocenters. The summed E-state index contributed by atoms with van der Waals surface area (Å²) in [4.78, 5) is 16.1. The third kappa shape index (κ3) is 11.2. The number of hydrogen-bond donors (Lipinski definition) is 2. The third-order valence-corrected chi connectivity index (χ3v) is 3.23. The van der Waals surface area contributed by atoms with E-state index in [-0.39, 0.29) is 11.8 Å². The van der Waals surface area contributed by atoms with E-state index in [1.54, 1.807) is 0 Å². The van der Waals surface area contributed by atoms with E-state index in [2.05, 4.69) is 29.2 Å². The lowest BCUT2D eigenvalue weighted by atomic mass is 10.2. The van der Waals surface area contributed by atoms with Gasteiger partial charge in [-0.05, 0) is 66.1 Å². The highest BCUT2D eigenvalue weighted by molar-refractivity contribution is 5.77. The number of nitrogens with two attached hydrogens (primary N) is 1. The molecule has 0 aliphatic carbocycles. The van der Waals surface area contributed by atoms with Gasteiger partial charge in [0.1, 0.15) is 0 Å². The number of carbonyl (C=O) groups is 1. The molecule has 1 amide bonds. The lowest BCUT2D eigenvalue weighted by Gasteiger charge is -2.23. The van der Waals surface area contributed by atoms with Crippen molar-refractivity contribution in [3.05, 3.63) is 0 Å². The van der Waals surface area contributed by atoms with Gasteiger partial charge in [-0.15, -0.1) is 0 Å². The van der Waals surface area contributed by atoms with Crippen molar-refractivity contribution in [1.29, 1.82) is 0 Å². The highest BCUT2D eigenvalue weighted by Gasteiger charge is 2.07. The largest absolute Gasteiger partial charge is 0.356 e. The van der Waals surface area contributed by atoms with Gasteiger partial charge in [0.05, 0.1) is 0 Å². The van der Waals surface area contributed by atoms with E-state index in [1.165, 1.54) is 6.42 Å². The van der Waals surface area contributed by atoms with Crippen molar-refractivity contribution in [1.82, 2.24) is 15.1 Å². The number of carbonyl (C=O) groups excluding carboxylic acids is 1. The minimum Gasteiger partial charge on any atom is -0.356 e. The first kappa shape index (κ1) is 19.4. The second-order valence-electron chi connectivity index (χ2n) is 5.94. The highest BCUT2D eigenvalue weighted by Crippen LogP contribution is 1.98. The fourth-order valence-electron chi connectivity index (χ4n) is 1.98. The molecule has 3 N–H and O–H groups in total. The average molecular weight is 286 g/mol. The van der Waals surface area contributed by atoms with Gasteiger partial charge in [-0.1, -0.05) is 13.8 Å². The Morgan fingerprint density at radius 2 is 1.65 bits per heavy atom. The summed E-state index contributed by atoms with van der Waals surface area (Å²) in [6.45, 7) is 9.67. The Kier molecular flexibility index (Phi) is 11.7. The van der Waals surface area contributed by atoms with Crippen LogP contribution in [0.1, 0.15) is 33.1 Å². The van der Waals surface area contributed by atoms with Crippen molar-refractivity contribution >= 4 is 5.91 Å². The summed E-state index contributed by atoms with van der Waals surface area (Å²) in [7, 11) is 4.21. The fraction of sp³-hybridized carbons (Fsp3) is 0.933. The van der Waals surface area contributed by atoms with Crippen molar-refractivity contribution in [2.75, 3.05) is 53.4 Å². The molecule has 0 aromatic heterocycles. The lowest BCUT2D eigenvalue weighted by Crippen LogP contribution is -2.34. The molecule has 5 nitrogen and oxygen atoms in total. The van der Waals surface area contributed by atoms with Gasteiger partial charge in [-0.25, -0.2) is 0 Å². The Morgan fingerprint density at radius 1 is 1.05 bits per heavy atom. The molecule has 5 heteroatoms. The van der Waals surface area contributed by atoms with Crippen molar-refractivity contribution in [2.24, 2.45) is 11.7 Å². The van der Waals surface area contributed by atoms with Gasteiger partial charge in [-0.3, -0.25) is 4.79 Å². The molecule has 0 aromatic carbocycles. The third-order valence-electron chi connectivity index (χ3n) is 3.23. The Bertz CT molecular complexity index is 244. The molecule has 0 fully saturated rings. The van der Waals surface area contributed by atoms with Crippen molar-refractivity contribution in [3.63, 3.8) is 0 Å². The maximum Gasteiger partial charge on any atom is 0.222 e. The molecule has 0 heterocycles. The second kappa shape index (κ2) is 12.1. The molecule has 0 saturated carbocycles. The number of nitrogens with zero attached hydrogens (tertiary/aromatic N) is 2. The Balaban J connectivity index is 3.82. The van der Waals surface area contributed by atoms with Crippen LogP contribution in [0.15, 0.2) is 0 Å². The second-order valence-corrected chi connectivity index (χ2v) is 5.94. The van der Waals surface area contributed by atoms with E-state index in [9.17, 15) is 4.79 Å². The van der Waals surface area contributed by atoms with Crippen LogP contribution in [0.5, 0.6) is 0 Å². The Morgan fingerprint density at radius 3 is 2.20 bits per heavy atom. The van der Waals surface area contributed by atoms with Crippen LogP contribution in [0.4, 0.5) is 0 Å². The van der Waals surface area contributed by atoms with Crippen LogP contribution in [0.2, 0.25) is 0 Å². The number of rotatable bonds is 12. The highest BCUT2D eigenvalue weighted by atomic mass is 16.1. The van der Waals surface area contributed by atoms with E-state index in [1.807, 2.05) is 13.8 Å². The van der Waals surface area contributed by atoms with Gasteiger partial charge in [0.25, 0.3) is 0 Å². The maximum atomic E-state index is 11.5. The van der Waals surface area contributed by atoms with E-state index >= 15 is 0 Å². The summed E-state index contributed by atoms with van der Waals surface area (Å²) in [5.74, 6) is 0.217. The molecule has 0 bridgehead atoms. The zero-order valence-corrected chi connectivity index (χ0v) is 13.8. The van der Waals surface area contributed by atoms with Crippen LogP contribution >= 0.6 is 0 Å². The van der Waals surface area contributed by atoms with E-state index in [0.29, 0.717) is 0 Å². The lowest BCUT2D eigenvalue weighted by molar-refractivity contribution is -0.123. The van der Waals surface area contributed by atoms with Gasteiger partial charge in [0.15, 0.2) is 0 Å². The van der Waals surface area contributed by atoms with Crippen LogP contribution in [0.3, 0.4) is 0 Å². The monoisotopic (exact) mass is 286 g/mol. The standard InChI is InChI=1S/C15H34N4O/c1-14(2)15(20)17-9-6-12-19(11-5-8-16)13-7-10-18(3)4/h14H,5-13,16H2,1-4H3,(H,17,20). The smallest absolute Gasteiger partial charge is 0.222 e. The van der Waals surface area contributed by atoms with Crippen LogP contribution in [-0.2, 0) is 4.79 Å². The van der Waals surface area contributed by atoms with Crippen molar-refractivity contribution in [2.45, 2.75) is 33.1 Å². The first-order valence-electron chi connectivity index (χ1n) is 7.82. The van der Waals surface area contributed by atoms with Gasteiger partial charge in [0, 0.05) is 12.5 Å². The summed E-state index contributed by atoms with van der Waals surface area (Å²) in [6.07, 6.45) is 3.22. The molecular formula is C15H34N4O. The van der Waals surface area contributed by atoms with Crippen molar-refractivity contribution in [3.8, 4) is 0 Å². The predicted octanol–water partition coefficient (Wildman–Crippen LogP) is 0.751. The van der Waals surface area contributed by atoms with Crippen LogP contribution in [0.25, 0.3) is 0 Å². The molecule has 0 radical (unpaired) electrons. The minimum atomic E-state index is 0.0726. The molecule has 0 rings (SSSR count). The van der Waals surface area contributed by atoms with Crippen LogP contribution in [-0.4, -0.2) is 69.1 Å². The SMILES string of the molecule is CC(C)C(=O)NCCCN(CCCN)CCCN(C)C.